The molecule has 3 heterocycles. The molecule has 0 amide bonds. The Morgan fingerprint density at radius 3 is 2.62 bits per heavy atom. The molecular formula is C18H26N6O3S2. The second kappa shape index (κ2) is 8.34. The Morgan fingerprint density at radius 1 is 1.31 bits per heavy atom. The molecule has 4 N–H and O–H groups in total. The molecule has 0 aromatic carbocycles. The monoisotopic (exact) mass is 438 g/mol. The Morgan fingerprint density at radius 2 is 2.03 bits per heavy atom. The molecule has 11 heteroatoms. The fraction of sp³-hybridized carbons (Fsp3) is 0.500. The molecule has 0 radical (unpaired) electrons. The highest BCUT2D eigenvalue weighted by atomic mass is 32.2. The summed E-state index contributed by atoms with van der Waals surface area (Å²) in [6, 6.07) is 0.521. The van der Waals surface area contributed by atoms with Crippen LogP contribution in [-0.4, -0.2) is 51.4 Å². The van der Waals surface area contributed by atoms with Gasteiger partial charge in [-0.05, 0) is 19.8 Å². The highest BCUT2D eigenvalue weighted by molar-refractivity contribution is 7.91. The lowest BCUT2D eigenvalue weighted by molar-refractivity contribution is 0.281. The molecule has 0 spiro atoms. The van der Waals surface area contributed by atoms with Crippen molar-refractivity contribution in [3.63, 3.8) is 0 Å². The van der Waals surface area contributed by atoms with E-state index in [0.29, 0.717) is 40.8 Å². The molecule has 9 nitrogen and oxygen atoms in total. The van der Waals surface area contributed by atoms with E-state index >= 15 is 0 Å². The van der Waals surface area contributed by atoms with Gasteiger partial charge in [0.25, 0.3) is 0 Å². The molecule has 1 atom stereocenters. The van der Waals surface area contributed by atoms with Crippen LogP contribution >= 0.6 is 11.3 Å². The minimum absolute atomic E-state index is 0.0248. The summed E-state index contributed by atoms with van der Waals surface area (Å²) in [7, 11) is -3.59. The van der Waals surface area contributed by atoms with Crippen LogP contribution in [0, 0.1) is 0 Å². The van der Waals surface area contributed by atoms with Gasteiger partial charge in [-0.2, -0.15) is 9.61 Å². The summed E-state index contributed by atoms with van der Waals surface area (Å²) in [5, 5.41) is 17.5. The first kappa shape index (κ1) is 21.6. The molecule has 0 aliphatic heterocycles. The van der Waals surface area contributed by atoms with Crippen molar-refractivity contribution in [2.24, 2.45) is 0 Å². The minimum Gasteiger partial charge on any atom is -0.389 e. The standard InChI is InChI=1S/C18H26N6O3S2/c1-10(2)22-11(3)5-6-13-16(29(4,26)27)17(19)24-18(23-13)12(7-21-24)14-8-20-15(9-25)28-14/h7-8,10-11,22,25H,5-6,9,19H2,1-4H3/t11-/m1/s1. The van der Waals surface area contributed by atoms with Gasteiger partial charge in [-0.15, -0.1) is 11.3 Å². The Bertz CT molecular complexity index is 1120. The first-order chi connectivity index (χ1) is 13.6. The van der Waals surface area contributed by atoms with Gasteiger partial charge >= 0.3 is 0 Å². The van der Waals surface area contributed by atoms with Crippen molar-refractivity contribution < 1.29 is 13.5 Å². The summed E-state index contributed by atoms with van der Waals surface area (Å²) < 4.78 is 26.2. The van der Waals surface area contributed by atoms with Crippen LogP contribution in [0.25, 0.3) is 16.1 Å². The maximum absolute atomic E-state index is 12.4. The molecule has 0 saturated heterocycles. The van der Waals surface area contributed by atoms with Gasteiger partial charge in [0.1, 0.15) is 15.7 Å². The Balaban J connectivity index is 2.10. The third-order valence-corrected chi connectivity index (χ3v) is 6.67. The molecule has 0 aliphatic carbocycles. The predicted octanol–water partition coefficient (Wildman–Crippen LogP) is 1.65. The van der Waals surface area contributed by atoms with E-state index in [4.69, 9.17) is 5.73 Å². The molecule has 3 aromatic heterocycles. The van der Waals surface area contributed by atoms with Crippen LogP contribution in [0.3, 0.4) is 0 Å². The van der Waals surface area contributed by atoms with E-state index in [1.807, 2.05) is 0 Å². The Hall–Kier alpha value is -2.08. The van der Waals surface area contributed by atoms with E-state index < -0.39 is 9.84 Å². The number of aliphatic hydroxyl groups is 1. The molecule has 0 bridgehead atoms. The summed E-state index contributed by atoms with van der Waals surface area (Å²) in [6.45, 7) is 6.04. The van der Waals surface area contributed by atoms with Gasteiger partial charge in [0.15, 0.2) is 15.5 Å². The number of nitrogens with two attached hydrogens (primary N) is 1. The maximum Gasteiger partial charge on any atom is 0.180 e. The summed E-state index contributed by atoms with van der Waals surface area (Å²) in [4.78, 5) is 9.62. The van der Waals surface area contributed by atoms with Crippen molar-refractivity contribution in [3.05, 3.63) is 23.1 Å². The molecule has 29 heavy (non-hydrogen) atoms. The number of nitrogen functional groups attached to an aromatic ring is 1. The number of aromatic nitrogens is 4. The first-order valence-electron chi connectivity index (χ1n) is 9.30. The second-order valence-corrected chi connectivity index (χ2v) is 10.4. The smallest absolute Gasteiger partial charge is 0.180 e. The molecule has 3 aromatic rings. The van der Waals surface area contributed by atoms with Crippen molar-refractivity contribution in [1.29, 1.82) is 0 Å². The summed E-state index contributed by atoms with van der Waals surface area (Å²) >= 11 is 1.33. The number of rotatable bonds is 8. The SMILES string of the molecule is CC(C)N[C@H](C)CCc1nc2c(-c3cnc(CO)s3)cnn2c(N)c1S(C)(=O)=O. The topological polar surface area (TPSA) is 136 Å². The number of hydrogen-bond donors (Lipinski definition) is 3. The summed E-state index contributed by atoms with van der Waals surface area (Å²) in [5.41, 5.74) is 7.84. The van der Waals surface area contributed by atoms with E-state index in [1.54, 1.807) is 12.4 Å². The fourth-order valence-electron chi connectivity index (χ4n) is 3.31. The van der Waals surface area contributed by atoms with Crippen LogP contribution in [0.2, 0.25) is 0 Å². The van der Waals surface area contributed by atoms with Crippen LogP contribution in [0.5, 0.6) is 0 Å². The minimum atomic E-state index is -3.59. The van der Waals surface area contributed by atoms with Gasteiger partial charge in [-0.1, -0.05) is 13.8 Å². The van der Waals surface area contributed by atoms with Gasteiger partial charge in [0, 0.05) is 24.5 Å². The van der Waals surface area contributed by atoms with Crippen LogP contribution in [0.1, 0.15) is 37.9 Å². The van der Waals surface area contributed by atoms with E-state index in [9.17, 15) is 13.5 Å². The lowest BCUT2D eigenvalue weighted by atomic mass is 10.1. The fourth-order valence-corrected chi connectivity index (χ4v) is 5.13. The van der Waals surface area contributed by atoms with Gasteiger partial charge in [0.05, 0.1) is 28.9 Å². The van der Waals surface area contributed by atoms with Crippen LogP contribution in [0.4, 0.5) is 5.82 Å². The highest BCUT2D eigenvalue weighted by Gasteiger charge is 2.24. The lowest BCUT2D eigenvalue weighted by Crippen LogP contribution is -2.32. The molecule has 0 unspecified atom stereocenters. The van der Waals surface area contributed by atoms with Crippen LogP contribution in [-0.2, 0) is 22.9 Å². The van der Waals surface area contributed by atoms with Gasteiger partial charge in [-0.25, -0.2) is 18.4 Å². The second-order valence-electron chi connectivity index (χ2n) is 7.38. The number of fused-ring (bicyclic) bond motifs is 1. The molecular weight excluding hydrogens is 412 g/mol. The first-order valence-corrected chi connectivity index (χ1v) is 12.0. The Labute approximate surface area is 173 Å². The zero-order chi connectivity index (χ0) is 21.3. The number of aryl methyl sites for hydroxylation is 1. The molecule has 3 rings (SSSR count). The van der Waals surface area contributed by atoms with E-state index in [2.05, 4.69) is 41.2 Å². The van der Waals surface area contributed by atoms with Crippen molar-refractivity contribution in [2.45, 2.75) is 57.2 Å². The van der Waals surface area contributed by atoms with Crippen molar-refractivity contribution in [2.75, 3.05) is 12.0 Å². The average molecular weight is 439 g/mol. The normalized spacial score (nSPS) is 13.4. The van der Waals surface area contributed by atoms with Crippen LogP contribution in [0.15, 0.2) is 17.3 Å². The van der Waals surface area contributed by atoms with Gasteiger partial charge in [0.2, 0.25) is 0 Å². The number of nitrogens with zero attached hydrogens (tertiary/aromatic N) is 4. The third kappa shape index (κ3) is 4.58. The molecule has 0 aliphatic rings. The van der Waals surface area contributed by atoms with Crippen LogP contribution < -0.4 is 11.1 Å². The summed E-state index contributed by atoms with van der Waals surface area (Å²) in [5.74, 6) is 0.0510. The average Bonchev–Trinajstić information content (AvgIpc) is 3.24. The predicted molar refractivity (Wildman–Crippen MR) is 114 cm³/mol. The van der Waals surface area contributed by atoms with Crippen molar-refractivity contribution >= 4 is 32.6 Å². The third-order valence-electron chi connectivity index (χ3n) is 4.46. The zero-order valence-corrected chi connectivity index (χ0v) is 18.5. The molecule has 0 saturated carbocycles. The van der Waals surface area contributed by atoms with E-state index in [1.165, 1.54) is 15.9 Å². The highest BCUT2D eigenvalue weighted by Crippen LogP contribution is 2.32. The lowest BCUT2D eigenvalue weighted by Gasteiger charge is -2.18. The zero-order valence-electron chi connectivity index (χ0n) is 16.9. The van der Waals surface area contributed by atoms with Gasteiger partial charge < -0.3 is 16.2 Å². The van der Waals surface area contributed by atoms with E-state index in [-0.39, 0.29) is 23.4 Å². The number of anilines is 1. The number of nitrogens with one attached hydrogen (secondary N) is 1. The maximum atomic E-state index is 12.4. The summed E-state index contributed by atoms with van der Waals surface area (Å²) in [6.07, 6.45) is 5.53. The molecule has 0 fully saturated rings. The van der Waals surface area contributed by atoms with Gasteiger partial charge in [-0.3, -0.25) is 0 Å². The Kier molecular flexibility index (Phi) is 6.22. The largest absolute Gasteiger partial charge is 0.389 e. The van der Waals surface area contributed by atoms with E-state index in [0.717, 1.165) is 11.1 Å². The van der Waals surface area contributed by atoms with Crippen molar-refractivity contribution in [1.82, 2.24) is 24.9 Å². The number of sulfone groups is 1. The number of thiazole rings is 1. The number of hydrogen-bond acceptors (Lipinski definition) is 9. The van der Waals surface area contributed by atoms with Crippen molar-refractivity contribution in [3.8, 4) is 10.4 Å². The number of aliphatic hydroxyl groups excluding tert-OH is 1. The quantitative estimate of drug-likeness (QED) is 0.483. The molecule has 158 valence electrons.